The summed E-state index contributed by atoms with van der Waals surface area (Å²) >= 11 is 3.30. The average molecular weight is 314 g/mol. The van der Waals surface area contributed by atoms with Crippen LogP contribution < -0.4 is 10.5 Å². The standard InChI is InChI=1S/C13H13BrFNO2/c1-8-4-10(18-13(8)6-16)7-17-12-5-9(15)2-3-11(12)14/h2-5H,6-7,16H2,1H3. The summed E-state index contributed by atoms with van der Waals surface area (Å²) in [5, 5.41) is 0. The van der Waals surface area contributed by atoms with E-state index in [9.17, 15) is 4.39 Å². The third-order valence-corrected chi connectivity index (χ3v) is 3.18. The van der Waals surface area contributed by atoms with Crippen molar-refractivity contribution in [2.75, 3.05) is 0 Å². The molecule has 5 heteroatoms. The molecule has 1 heterocycles. The van der Waals surface area contributed by atoms with Gasteiger partial charge >= 0.3 is 0 Å². The van der Waals surface area contributed by atoms with E-state index in [0.717, 1.165) is 11.3 Å². The molecule has 0 spiro atoms. The Balaban J connectivity index is 2.08. The van der Waals surface area contributed by atoms with Crippen LogP contribution in [-0.2, 0) is 13.2 Å². The Labute approximate surface area is 113 Å². The first-order valence-corrected chi connectivity index (χ1v) is 6.25. The van der Waals surface area contributed by atoms with Crippen LogP contribution in [0, 0.1) is 12.7 Å². The van der Waals surface area contributed by atoms with E-state index in [1.165, 1.54) is 12.1 Å². The minimum atomic E-state index is -0.341. The molecule has 0 aliphatic rings. The number of aryl methyl sites for hydroxylation is 1. The van der Waals surface area contributed by atoms with Gasteiger partial charge in [-0.15, -0.1) is 0 Å². The first-order valence-electron chi connectivity index (χ1n) is 5.46. The molecule has 1 aromatic heterocycles. The zero-order valence-corrected chi connectivity index (χ0v) is 11.5. The lowest BCUT2D eigenvalue weighted by Gasteiger charge is -2.06. The van der Waals surface area contributed by atoms with E-state index in [0.29, 0.717) is 22.5 Å². The van der Waals surface area contributed by atoms with Gasteiger partial charge in [-0.25, -0.2) is 4.39 Å². The average Bonchev–Trinajstić information content (AvgIpc) is 2.71. The molecule has 0 bridgehead atoms. The number of ether oxygens (including phenoxy) is 1. The van der Waals surface area contributed by atoms with Crippen LogP contribution in [0.15, 0.2) is 33.2 Å². The molecule has 0 radical (unpaired) electrons. The molecule has 0 aliphatic heterocycles. The summed E-state index contributed by atoms with van der Waals surface area (Å²) < 4.78 is 24.7. The van der Waals surface area contributed by atoms with Crippen molar-refractivity contribution in [3.63, 3.8) is 0 Å². The Morgan fingerprint density at radius 1 is 1.39 bits per heavy atom. The molecule has 1 aromatic carbocycles. The Bertz CT molecular complexity index is 554. The number of furan rings is 1. The fourth-order valence-electron chi connectivity index (χ4n) is 1.60. The van der Waals surface area contributed by atoms with Gasteiger partial charge in [0, 0.05) is 6.07 Å². The summed E-state index contributed by atoms with van der Waals surface area (Å²) in [7, 11) is 0. The molecule has 3 nitrogen and oxygen atoms in total. The zero-order valence-electron chi connectivity index (χ0n) is 9.87. The number of halogens is 2. The first-order chi connectivity index (χ1) is 8.60. The molecular weight excluding hydrogens is 301 g/mol. The van der Waals surface area contributed by atoms with Crippen LogP contribution in [0.3, 0.4) is 0 Å². The van der Waals surface area contributed by atoms with Crippen molar-refractivity contribution < 1.29 is 13.5 Å². The molecule has 0 aliphatic carbocycles. The highest BCUT2D eigenvalue weighted by Gasteiger charge is 2.08. The first kappa shape index (κ1) is 13.1. The largest absolute Gasteiger partial charge is 0.484 e. The molecule has 0 fully saturated rings. The second kappa shape index (κ2) is 5.54. The molecule has 0 unspecified atom stereocenters. The lowest BCUT2D eigenvalue weighted by molar-refractivity contribution is 0.263. The molecule has 0 atom stereocenters. The molecule has 2 N–H and O–H groups in total. The fourth-order valence-corrected chi connectivity index (χ4v) is 1.96. The maximum Gasteiger partial charge on any atom is 0.146 e. The zero-order chi connectivity index (χ0) is 13.1. The van der Waals surface area contributed by atoms with Crippen LogP contribution in [0.5, 0.6) is 5.75 Å². The molecule has 2 rings (SSSR count). The minimum absolute atomic E-state index is 0.239. The molecular formula is C13H13BrFNO2. The molecule has 0 saturated heterocycles. The van der Waals surface area contributed by atoms with Crippen LogP contribution in [0.4, 0.5) is 4.39 Å². The van der Waals surface area contributed by atoms with Crippen molar-refractivity contribution >= 4 is 15.9 Å². The highest BCUT2D eigenvalue weighted by Crippen LogP contribution is 2.26. The summed E-state index contributed by atoms with van der Waals surface area (Å²) in [4.78, 5) is 0. The number of rotatable bonds is 4. The van der Waals surface area contributed by atoms with Crippen molar-refractivity contribution in [2.24, 2.45) is 5.73 Å². The van der Waals surface area contributed by atoms with E-state index in [2.05, 4.69) is 15.9 Å². The van der Waals surface area contributed by atoms with Crippen molar-refractivity contribution in [1.82, 2.24) is 0 Å². The Morgan fingerprint density at radius 2 is 2.17 bits per heavy atom. The van der Waals surface area contributed by atoms with E-state index in [-0.39, 0.29) is 12.4 Å². The van der Waals surface area contributed by atoms with Crippen LogP contribution in [0.2, 0.25) is 0 Å². The number of hydrogen-bond acceptors (Lipinski definition) is 3. The monoisotopic (exact) mass is 313 g/mol. The molecule has 18 heavy (non-hydrogen) atoms. The topological polar surface area (TPSA) is 48.4 Å². The van der Waals surface area contributed by atoms with E-state index in [4.69, 9.17) is 14.9 Å². The van der Waals surface area contributed by atoms with Gasteiger partial charge in [0.15, 0.2) is 0 Å². The van der Waals surface area contributed by atoms with Crippen LogP contribution in [-0.4, -0.2) is 0 Å². The van der Waals surface area contributed by atoms with Gasteiger partial charge in [-0.2, -0.15) is 0 Å². The summed E-state index contributed by atoms with van der Waals surface area (Å²) in [6, 6.07) is 6.16. The SMILES string of the molecule is Cc1cc(COc2cc(F)ccc2Br)oc1CN. The highest BCUT2D eigenvalue weighted by atomic mass is 79.9. The van der Waals surface area contributed by atoms with Gasteiger partial charge in [-0.05, 0) is 46.6 Å². The molecule has 2 aromatic rings. The molecule has 96 valence electrons. The molecule has 0 saturated carbocycles. The second-order valence-corrected chi connectivity index (χ2v) is 4.74. The number of benzene rings is 1. The maximum absolute atomic E-state index is 13.1. The predicted molar refractivity (Wildman–Crippen MR) is 69.8 cm³/mol. The van der Waals surface area contributed by atoms with Crippen molar-refractivity contribution in [2.45, 2.75) is 20.1 Å². The van der Waals surface area contributed by atoms with Gasteiger partial charge < -0.3 is 14.9 Å². The number of hydrogen-bond donors (Lipinski definition) is 1. The Hall–Kier alpha value is -1.33. The van der Waals surface area contributed by atoms with Gasteiger partial charge in [0.2, 0.25) is 0 Å². The van der Waals surface area contributed by atoms with E-state index < -0.39 is 0 Å². The van der Waals surface area contributed by atoms with Gasteiger partial charge in [-0.1, -0.05) is 0 Å². The lowest BCUT2D eigenvalue weighted by atomic mass is 10.2. The summed E-state index contributed by atoms with van der Waals surface area (Å²) in [5.74, 6) is 1.51. The van der Waals surface area contributed by atoms with E-state index in [1.807, 2.05) is 13.0 Å². The summed E-state index contributed by atoms with van der Waals surface area (Å²) in [6.07, 6.45) is 0. The predicted octanol–water partition coefficient (Wildman–Crippen LogP) is 3.53. The van der Waals surface area contributed by atoms with Crippen molar-refractivity contribution in [3.8, 4) is 5.75 Å². The van der Waals surface area contributed by atoms with E-state index in [1.54, 1.807) is 6.07 Å². The maximum atomic E-state index is 13.1. The Kier molecular flexibility index (Phi) is 4.04. The van der Waals surface area contributed by atoms with Crippen molar-refractivity contribution in [1.29, 1.82) is 0 Å². The van der Waals surface area contributed by atoms with E-state index >= 15 is 0 Å². The normalized spacial score (nSPS) is 10.7. The third-order valence-electron chi connectivity index (χ3n) is 2.52. The van der Waals surface area contributed by atoms with Gasteiger partial charge in [-0.3, -0.25) is 0 Å². The van der Waals surface area contributed by atoms with Gasteiger partial charge in [0.1, 0.15) is 29.7 Å². The number of nitrogens with two attached hydrogens (primary N) is 1. The Morgan fingerprint density at radius 3 is 2.83 bits per heavy atom. The van der Waals surface area contributed by atoms with Gasteiger partial charge in [0.25, 0.3) is 0 Å². The van der Waals surface area contributed by atoms with Crippen molar-refractivity contribution in [3.05, 3.63) is 51.6 Å². The smallest absolute Gasteiger partial charge is 0.146 e. The summed E-state index contributed by atoms with van der Waals surface area (Å²) in [5.41, 5.74) is 6.52. The third kappa shape index (κ3) is 2.91. The minimum Gasteiger partial charge on any atom is -0.484 e. The fraction of sp³-hybridized carbons (Fsp3) is 0.231. The molecule has 0 amide bonds. The summed E-state index contributed by atoms with van der Waals surface area (Å²) in [6.45, 7) is 2.52. The lowest BCUT2D eigenvalue weighted by Crippen LogP contribution is -1.96. The quantitative estimate of drug-likeness (QED) is 0.939. The van der Waals surface area contributed by atoms with Crippen LogP contribution >= 0.6 is 15.9 Å². The van der Waals surface area contributed by atoms with Crippen LogP contribution in [0.25, 0.3) is 0 Å². The second-order valence-electron chi connectivity index (χ2n) is 3.89. The van der Waals surface area contributed by atoms with Crippen LogP contribution in [0.1, 0.15) is 17.1 Å². The van der Waals surface area contributed by atoms with Gasteiger partial charge in [0.05, 0.1) is 11.0 Å². The highest BCUT2D eigenvalue weighted by molar-refractivity contribution is 9.10.